The Morgan fingerprint density at radius 3 is 2.32 bits per heavy atom. The minimum atomic E-state index is -4.50. The largest absolute Gasteiger partial charge is 0.496 e. The van der Waals surface area contributed by atoms with E-state index in [0.29, 0.717) is 27.8 Å². The van der Waals surface area contributed by atoms with Crippen molar-refractivity contribution in [3.63, 3.8) is 0 Å². The molecule has 0 radical (unpaired) electrons. The van der Waals surface area contributed by atoms with Gasteiger partial charge in [-0.25, -0.2) is 4.98 Å². The number of nitrogens with zero attached hydrogens (tertiary/aromatic N) is 1. The van der Waals surface area contributed by atoms with Crippen LogP contribution in [0.4, 0.5) is 13.2 Å². The minimum absolute atomic E-state index is 0.304. The molecule has 0 fully saturated rings. The zero-order valence-electron chi connectivity index (χ0n) is 11.7. The number of rotatable bonds is 2. The monoisotopic (exact) mass is 303 g/mol. The predicted molar refractivity (Wildman–Crippen MR) is 78.7 cm³/mol. The van der Waals surface area contributed by atoms with Crippen LogP contribution in [0.3, 0.4) is 0 Å². The summed E-state index contributed by atoms with van der Waals surface area (Å²) in [6.45, 7) is 0. The molecular formula is C17H12F3NO. The third-order valence-corrected chi connectivity index (χ3v) is 3.40. The molecule has 22 heavy (non-hydrogen) atoms. The number of ether oxygens (including phenoxy) is 1. The molecule has 0 spiro atoms. The van der Waals surface area contributed by atoms with Gasteiger partial charge in [0.2, 0.25) is 0 Å². The number of benzene rings is 2. The fraction of sp³-hybridized carbons (Fsp3) is 0.118. The van der Waals surface area contributed by atoms with Gasteiger partial charge in [-0.3, -0.25) is 0 Å². The molecule has 0 saturated heterocycles. The van der Waals surface area contributed by atoms with E-state index in [2.05, 4.69) is 4.98 Å². The first-order chi connectivity index (χ1) is 10.5. The van der Waals surface area contributed by atoms with Gasteiger partial charge in [0, 0.05) is 10.9 Å². The molecule has 1 aromatic heterocycles. The average molecular weight is 303 g/mol. The Bertz CT molecular complexity index is 827. The smallest absolute Gasteiger partial charge is 0.433 e. The van der Waals surface area contributed by atoms with Crippen molar-refractivity contribution >= 4 is 10.9 Å². The van der Waals surface area contributed by atoms with Crippen molar-refractivity contribution < 1.29 is 17.9 Å². The summed E-state index contributed by atoms with van der Waals surface area (Å²) in [5.74, 6) is 0.520. The fourth-order valence-corrected chi connectivity index (χ4v) is 2.41. The van der Waals surface area contributed by atoms with Gasteiger partial charge in [0.05, 0.1) is 12.6 Å². The first-order valence-corrected chi connectivity index (χ1v) is 6.61. The van der Waals surface area contributed by atoms with Crippen LogP contribution >= 0.6 is 0 Å². The quantitative estimate of drug-likeness (QED) is 0.669. The summed E-state index contributed by atoms with van der Waals surface area (Å²) in [5.41, 5.74) is 0.454. The number of halogens is 3. The van der Waals surface area contributed by atoms with Crippen LogP contribution in [0.25, 0.3) is 22.0 Å². The van der Waals surface area contributed by atoms with Gasteiger partial charge < -0.3 is 4.74 Å². The highest BCUT2D eigenvalue weighted by Crippen LogP contribution is 2.38. The molecule has 0 saturated carbocycles. The number of hydrogen-bond acceptors (Lipinski definition) is 2. The first-order valence-electron chi connectivity index (χ1n) is 6.61. The van der Waals surface area contributed by atoms with E-state index in [4.69, 9.17) is 4.74 Å². The molecule has 0 bridgehead atoms. The summed E-state index contributed by atoms with van der Waals surface area (Å²) < 4.78 is 44.6. The van der Waals surface area contributed by atoms with E-state index in [-0.39, 0.29) is 0 Å². The second kappa shape index (κ2) is 5.33. The van der Waals surface area contributed by atoms with Gasteiger partial charge in [-0.15, -0.1) is 0 Å². The molecule has 0 amide bonds. The van der Waals surface area contributed by atoms with Gasteiger partial charge in [0.25, 0.3) is 0 Å². The van der Waals surface area contributed by atoms with Crippen LogP contribution < -0.4 is 4.74 Å². The lowest BCUT2D eigenvalue weighted by atomic mass is 9.99. The summed E-state index contributed by atoms with van der Waals surface area (Å²) in [4.78, 5) is 3.72. The first kappa shape index (κ1) is 14.4. The molecule has 0 aliphatic heterocycles. The zero-order valence-corrected chi connectivity index (χ0v) is 11.7. The summed E-state index contributed by atoms with van der Waals surface area (Å²) in [6, 6.07) is 14.8. The van der Waals surface area contributed by atoms with Crippen LogP contribution in [0.15, 0.2) is 54.6 Å². The number of para-hydroxylation sites is 2. The highest BCUT2D eigenvalue weighted by atomic mass is 19.4. The van der Waals surface area contributed by atoms with Crippen molar-refractivity contribution in [3.05, 3.63) is 60.3 Å². The van der Waals surface area contributed by atoms with E-state index in [0.717, 1.165) is 6.07 Å². The normalized spacial score (nSPS) is 11.6. The standard InChI is InChI=1S/C17H12F3NO/c1-22-15-9-5-3-7-12(15)13-10-16(17(18,19)20)21-14-8-4-2-6-11(13)14/h2-10H,1H3. The Labute approximate surface area is 125 Å². The molecule has 0 N–H and O–H groups in total. The average Bonchev–Trinajstić information content (AvgIpc) is 2.53. The van der Waals surface area contributed by atoms with Crippen molar-refractivity contribution in [3.8, 4) is 16.9 Å². The molecule has 112 valence electrons. The molecule has 0 atom stereocenters. The van der Waals surface area contributed by atoms with Crippen LogP contribution in [0, 0.1) is 0 Å². The van der Waals surface area contributed by atoms with Gasteiger partial charge >= 0.3 is 6.18 Å². The van der Waals surface area contributed by atoms with E-state index < -0.39 is 11.9 Å². The number of alkyl halides is 3. The molecule has 3 rings (SSSR count). The van der Waals surface area contributed by atoms with Gasteiger partial charge in [-0.1, -0.05) is 36.4 Å². The van der Waals surface area contributed by atoms with Crippen molar-refractivity contribution in [2.45, 2.75) is 6.18 Å². The van der Waals surface area contributed by atoms with Gasteiger partial charge in [0.15, 0.2) is 0 Å². The van der Waals surface area contributed by atoms with E-state index >= 15 is 0 Å². The number of pyridine rings is 1. The van der Waals surface area contributed by atoms with Crippen LogP contribution in [0.1, 0.15) is 5.69 Å². The Morgan fingerprint density at radius 2 is 1.59 bits per heavy atom. The lowest BCUT2D eigenvalue weighted by molar-refractivity contribution is -0.140. The number of methoxy groups -OCH3 is 1. The predicted octanol–water partition coefficient (Wildman–Crippen LogP) is 4.93. The molecule has 0 aliphatic carbocycles. The van der Waals surface area contributed by atoms with E-state index in [1.807, 2.05) is 0 Å². The van der Waals surface area contributed by atoms with Crippen molar-refractivity contribution in [2.75, 3.05) is 7.11 Å². The summed E-state index contributed by atoms with van der Waals surface area (Å²) in [6.07, 6.45) is -4.50. The van der Waals surface area contributed by atoms with E-state index in [9.17, 15) is 13.2 Å². The molecule has 3 aromatic rings. The van der Waals surface area contributed by atoms with E-state index in [1.54, 1.807) is 48.5 Å². The Kier molecular flexibility index (Phi) is 3.48. The highest BCUT2D eigenvalue weighted by Gasteiger charge is 2.33. The molecule has 1 heterocycles. The van der Waals surface area contributed by atoms with Gasteiger partial charge in [-0.2, -0.15) is 13.2 Å². The van der Waals surface area contributed by atoms with E-state index in [1.165, 1.54) is 7.11 Å². The third kappa shape index (κ3) is 2.50. The highest BCUT2D eigenvalue weighted by molar-refractivity contribution is 5.96. The molecule has 2 aromatic carbocycles. The fourth-order valence-electron chi connectivity index (χ4n) is 2.41. The lowest BCUT2D eigenvalue weighted by Gasteiger charge is -2.14. The Hall–Kier alpha value is -2.56. The second-order valence-corrected chi connectivity index (χ2v) is 4.77. The summed E-state index contributed by atoms with van der Waals surface area (Å²) in [7, 11) is 1.49. The zero-order chi connectivity index (χ0) is 15.7. The van der Waals surface area contributed by atoms with Crippen molar-refractivity contribution in [2.24, 2.45) is 0 Å². The topological polar surface area (TPSA) is 22.1 Å². The van der Waals surface area contributed by atoms with Crippen LogP contribution in [-0.2, 0) is 6.18 Å². The number of hydrogen-bond donors (Lipinski definition) is 0. The Balaban J connectivity index is 2.36. The minimum Gasteiger partial charge on any atom is -0.496 e. The molecule has 0 unspecified atom stereocenters. The molecule has 0 aliphatic rings. The number of aromatic nitrogens is 1. The van der Waals surface area contributed by atoms with Crippen LogP contribution in [0.2, 0.25) is 0 Å². The lowest BCUT2D eigenvalue weighted by Crippen LogP contribution is -2.08. The SMILES string of the molecule is COc1ccccc1-c1cc(C(F)(F)F)nc2ccccc12. The van der Waals surface area contributed by atoms with Crippen LogP contribution in [0.5, 0.6) is 5.75 Å². The third-order valence-electron chi connectivity index (χ3n) is 3.40. The maximum Gasteiger partial charge on any atom is 0.433 e. The Morgan fingerprint density at radius 1 is 0.909 bits per heavy atom. The van der Waals surface area contributed by atoms with Crippen molar-refractivity contribution in [1.82, 2.24) is 4.98 Å². The molecule has 2 nitrogen and oxygen atoms in total. The van der Waals surface area contributed by atoms with Crippen molar-refractivity contribution in [1.29, 1.82) is 0 Å². The van der Waals surface area contributed by atoms with Gasteiger partial charge in [-0.05, 0) is 23.8 Å². The molecular weight excluding hydrogens is 291 g/mol. The maximum absolute atomic E-state index is 13.1. The second-order valence-electron chi connectivity index (χ2n) is 4.77. The number of fused-ring (bicyclic) bond motifs is 1. The summed E-state index contributed by atoms with van der Waals surface area (Å²) in [5, 5.41) is 0.653. The van der Waals surface area contributed by atoms with Crippen LogP contribution in [-0.4, -0.2) is 12.1 Å². The molecule has 5 heteroatoms. The van der Waals surface area contributed by atoms with Gasteiger partial charge in [0.1, 0.15) is 11.4 Å². The maximum atomic E-state index is 13.1. The summed E-state index contributed by atoms with van der Waals surface area (Å²) >= 11 is 0.